The van der Waals surface area contributed by atoms with Crippen LogP contribution in [0.2, 0.25) is 0 Å². The second kappa shape index (κ2) is 12.2. The van der Waals surface area contributed by atoms with E-state index in [-0.39, 0.29) is 5.92 Å². The van der Waals surface area contributed by atoms with Crippen molar-refractivity contribution in [3.63, 3.8) is 0 Å². The summed E-state index contributed by atoms with van der Waals surface area (Å²) in [4.78, 5) is 0. The summed E-state index contributed by atoms with van der Waals surface area (Å²) >= 11 is 0. The second-order valence-electron chi connectivity index (χ2n) is 2.00. The molecule has 0 spiro atoms. The van der Waals surface area contributed by atoms with E-state index in [9.17, 15) is 0 Å². The Labute approximate surface area is 73.9 Å². The number of methoxy groups -OCH3 is 1. The van der Waals surface area contributed by atoms with E-state index >= 15 is 0 Å². The van der Waals surface area contributed by atoms with E-state index in [0.717, 1.165) is 6.42 Å². The minimum atomic E-state index is -0.389. The Bertz CT molecular complexity index is 162. The maximum absolute atomic E-state index is 8.18. The lowest BCUT2D eigenvalue weighted by Gasteiger charge is -1.90. The van der Waals surface area contributed by atoms with Crippen LogP contribution in [-0.2, 0) is 4.74 Å². The van der Waals surface area contributed by atoms with Gasteiger partial charge in [-0.3, -0.25) is 0 Å². The molecule has 0 aliphatic heterocycles. The van der Waals surface area contributed by atoms with Crippen LogP contribution in [0.4, 0.5) is 0 Å². The Morgan fingerprint density at radius 2 is 1.92 bits per heavy atom. The zero-order chi connectivity index (χ0) is 9.82. The summed E-state index contributed by atoms with van der Waals surface area (Å²) in [5.41, 5.74) is 0. The van der Waals surface area contributed by atoms with Gasteiger partial charge in [0.05, 0.1) is 25.5 Å². The maximum Gasteiger partial charge on any atom is 0.133 e. The predicted molar refractivity (Wildman–Crippen MR) is 46.8 cm³/mol. The highest BCUT2D eigenvalue weighted by Gasteiger charge is 2.00. The summed E-state index contributed by atoms with van der Waals surface area (Å²) in [6, 6.07) is 3.78. The van der Waals surface area contributed by atoms with Crippen LogP contribution in [0.3, 0.4) is 0 Å². The lowest BCUT2D eigenvalue weighted by molar-refractivity contribution is 0.339. The molecule has 0 saturated carbocycles. The molecule has 0 unspecified atom stereocenters. The van der Waals surface area contributed by atoms with Gasteiger partial charge in [0.1, 0.15) is 5.92 Å². The fourth-order valence-electron chi connectivity index (χ4n) is 0.447. The Hall–Kier alpha value is -1.48. The molecule has 0 fully saturated rings. The van der Waals surface area contributed by atoms with Gasteiger partial charge in [0.2, 0.25) is 0 Å². The van der Waals surface area contributed by atoms with Crippen molar-refractivity contribution >= 4 is 0 Å². The third kappa shape index (κ3) is 11.3. The zero-order valence-corrected chi connectivity index (χ0v) is 7.58. The molecule has 0 saturated heterocycles. The van der Waals surface area contributed by atoms with E-state index in [1.807, 2.05) is 19.1 Å². The molecule has 0 aliphatic rings. The van der Waals surface area contributed by atoms with Gasteiger partial charge in [0, 0.05) is 0 Å². The second-order valence-corrected chi connectivity index (χ2v) is 2.00. The van der Waals surface area contributed by atoms with Gasteiger partial charge < -0.3 is 4.74 Å². The van der Waals surface area contributed by atoms with Crippen LogP contribution in [0.1, 0.15) is 19.8 Å². The highest BCUT2D eigenvalue weighted by Crippen LogP contribution is 2.00. The Morgan fingerprint density at radius 1 is 1.50 bits per heavy atom. The van der Waals surface area contributed by atoms with Crippen LogP contribution in [0.15, 0.2) is 12.8 Å². The van der Waals surface area contributed by atoms with Gasteiger partial charge in [0.15, 0.2) is 0 Å². The van der Waals surface area contributed by atoms with Gasteiger partial charge in [-0.05, 0) is 6.42 Å². The molecule has 3 heteroatoms. The van der Waals surface area contributed by atoms with E-state index in [1.54, 1.807) is 7.11 Å². The third-order valence-electron chi connectivity index (χ3n) is 1.06. The Morgan fingerprint density at radius 3 is 2.00 bits per heavy atom. The topological polar surface area (TPSA) is 56.8 Å². The number of nitrogens with zero attached hydrogens (tertiary/aromatic N) is 2. The van der Waals surface area contributed by atoms with Gasteiger partial charge in [-0.1, -0.05) is 19.9 Å². The van der Waals surface area contributed by atoms with E-state index in [0.29, 0.717) is 6.42 Å². The molecule has 0 amide bonds. The lowest BCUT2D eigenvalue weighted by atomic mass is 10.1. The van der Waals surface area contributed by atoms with Crippen LogP contribution in [-0.4, -0.2) is 7.11 Å². The van der Waals surface area contributed by atoms with E-state index in [2.05, 4.69) is 11.3 Å². The van der Waals surface area contributed by atoms with Crippen LogP contribution in [0.25, 0.3) is 0 Å². The quantitative estimate of drug-likeness (QED) is 0.604. The first-order valence-corrected chi connectivity index (χ1v) is 3.69. The molecule has 0 heterocycles. The zero-order valence-electron chi connectivity index (χ0n) is 7.58. The monoisotopic (exact) mass is 166 g/mol. The van der Waals surface area contributed by atoms with Crippen LogP contribution in [0.5, 0.6) is 0 Å². The lowest BCUT2D eigenvalue weighted by Crippen LogP contribution is -1.89. The molecule has 0 N–H and O–H groups in total. The standard InChI is InChI=1S/C6H8N2.C3H6O/c1-2-3-6(4-7)5-8;1-3-4-2/h6H,2-3H2,1H3;3H,1H2,2H3. The molecule has 0 radical (unpaired) electrons. The average molecular weight is 166 g/mol. The smallest absolute Gasteiger partial charge is 0.133 e. The van der Waals surface area contributed by atoms with E-state index in [4.69, 9.17) is 10.5 Å². The number of ether oxygens (including phenoxy) is 1. The average Bonchev–Trinajstić information content (AvgIpc) is 2.14. The van der Waals surface area contributed by atoms with E-state index < -0.39 is 0 Å². The van der Waals surface area contributed by atoms with Crippen molar-refractivity contribution < 1.29 is 4.74 Å². The highest BCUT2D eigenvalue weighted by molar-refractivity contribution is 4.98. The highest BCUT2D eigenvalue weighted by atomic mass is 16.5. The largest absolute Gasteiger partial charge is 0.505 e. The molecule has 0 bridgehead atoms. The molecule has 0 aromatic carbocycles. The van der Waals surface area contributed by atoms with Crippen LogP contribution >= 0.6 is 0 Å². The first-order valence-electron chi connectivity index (χ1n) is 3.69. The van der Waals surface area contributed by atoms with Crippen molar-refractivity contribution in [2.75, 3.05) is 7.11 Å². The normalized spacial score (nSPS) is 7.08. The summed E-state index contributed by atoms with van der Waals surface area (Å²) in [6.07, 6.45) is 2.98. The fourth-order valence-corrected chi connectivity index (χ4v) is 0.447. The van der Waals surface area contributed by atoms with Gasteiger partial charge in [-0.2, -0.15) is 10.5 Å². The number of hydrogen-bond acceptors (Lipinski definition) is 3. The van der Waals surface area contributed by atoms with Gasteiger partial charge in [0.25, 0.3) is 0 Å². The van der Waals surface area contributed by atoms with Crippen molar-refractivity contribution in [1.82, 2.24) is 0 Å². The Kier molecular flexibility index (Phi) is 13.4. The summed E-state index contributed by atoms with van der Waals surface area (Å²) in [5, 5.41) is 16.4. The van der Waals surface area contributed by atoms with Gasteiger partial charge in [-0.25, -0.2) is 0 Å². The van der Waals surface area contributed by atoms with Gasteiger partial charge >= 0.3 is 0 Å². The third-order valence-corrected chi connectivity index (χ3v) is 1.06. The minimum absolute atomic E-state index is 0.389. The molecular weight excluding hydrogens is 152 g/mol. The first kappa shape index (κ1) is 13.1. The predicted octanol–water partition coefficient (Wildman–Crippen LogP) is 2.23. The number of nitriles is 2. The molecule has 0 aliphatic carbocycles. The van der Waals surface area contributed by atoms with Crippen LogP contribution in [0, 0.1) is 28.6 Å². The van der Waals surface area contributed by atoms with Crippen molar-refractivity contribution in [2.45, 2.75) is 19.8 Å². The fraction of sp³-hybridized carbons (Fsp3) is 0.556. The van der Waals surface area contributed by atoms with Crippen molar-refractivity contribution in [2.24, 2.45) is 5.92 Å². The van der Waals surface area contributed by atoms with Crippen molar-refractivity contribution in [3.8, 4) is 12.1 Å². The summed E-state index contributed by atoms with van der Waals surface area (Å²) in [5.74, 6) is -0.389. The minimum Gasteiger partial charge on any atom is -0.505 e. The van der Waals surface area contributed by atoms with Crippen LogP contribution < -0.4 is 0 Å². The Balaban J connectivity index is 0. The molecule has 0 rings (SSSR count). The van der Waals surface area contributed by atoms with Crippen molar-refractivity contribution in [3.05, 3.63) is 12.8 Å². The summed E-state index contributed by atoms with van der Waals surface area (Å²) in [7, 11) is 1.56. The number of hydrogen-bond donors (Lipinski definition) is 0. The SMILES string of the molecule is C=COC.CCCC(C#N)C#N. The van der Waals surface area contributed by atoms with Crippen molar-refractivity contribution in [1.29, 1.82) is 10.5 Å². The van der Waals surface area contributed by atoms with Gasteiger partial charge in [-0.15, -0.1) is 0 Å². The number of rotatable bonds is 3. The molecular formula is C9H14N2O. The molecule has 12 heavy (non-hydrogen) atoms. The maximum atomic E-state index is 8.18. The van der Waals surface area contributed by atoms with E-state index in [1.165, 1.54) is 6.26 Å². The first-order chi connectivity index (χ1) is 5.76. The molecule has 66 valence electrons. The molecule has 3 nitrogen and oxygen atoms in total. The molecule has 0 atom stereocenters. The summed E-state index contributed by atoms with van der Waals surface area (Å²) in [6.45, 7) is 5.22. The molecule has 0 aromatic rings. The summed E-state index contributed by atoms with van der Waals surface area (Å²) < 4.78 is 4.31. The molecule has 0 aromatic heterocycles.